The molecule has 4 aromatic rings. The molecule has 4 heterocycles. The first kappa shape index (κ1) is 65.9. The maximum absolute atomic E-state index is 15.5. The van der Waals surface area contributed by atoms with Crippen molar-refractivity contribution in [2.45, 2.75) is 146 Å². The molecule has 1 saturated heterocycles. The Kier molecular flexibility index (Phi) is 24.0. The van der Waals surface area contributed by atoms with Crippen LogP contribution >= 0.6 is 0 Å². The zero-order valence-electron chi connectivity index (χ0n) is 49.8. The molecule has 0 spiro atoms. The quantitative estimate of drug-likeness (QED) is 0.0205. The highest BCUT2D eigenvalue weighted by atomic mass is 16.5. The molecule has 3 aromatic carbocycles. The van der Waals surface area contributed by atoms with Crippen LogP contribution in [0.15, 0.2) is 77.8 Å². The maximum Gasteiger partial charge on any atom is 0.326 e. The molecule has 1 fully saturated rings. The van der Waals surface area contributed by atoms with E-state index in [1.807, 2.05) is 55.5 Å². The summed E-state index contributed by atoms with van der Waals surface area (Å²) >= 11 is 0. The van der Waals surface area contributed by atoms with Crippen LogP contribution in [0.25, 0.3) is 10.9 Å². The fourth-order valence-corrected chi connectivity index (χ4v) is 11.2. The molecule has 26 nitrogen and oxygen atoms in total. The van der Waals surface area contributed by atoms with Gasteiger partial charge in [0.25, 0.3) is 0 Å². The molecule has 0 bridgehead atoms. The van der Waals surface area contributed by atoms with Crippen LogP contribution in [0.1, 0.15) is 98.2 Å². The fourth-order valence-electron chi connectivity index (χ4n) is 11.2. The summed E-state index contributed by atoms with van der Waals surface area (Å²) in [4.78, 5) is 141. The zero-order chi connectivity index (χ0) is 62.7. The number of aliphatic imine (C=N–C) groups is 1. The van der Waals surface area contributed by atoms with Gasteiger partial charge in [-0.05, 0) is 79.0 Å². The minimum absolute atomic E-state index is 0.00978. The maximum atomic E-state index is 15.5. The lowest BCUT2D eigenvalue weighted by Crippen LogP contribution is -2.62. The smallest absolute Gasteiger partial charge is 0.326 e. The number of hydrogen-bond donors (Lipinski definition) is 11. The van der Waals surface area contributed by atoms with E-state index < -0.39 is 102 Å². The molecular weight excluding hydrogens is 1120 g/mol. The van der Waals surface area contributed by atoms with Crippen molar-refractivity contribution >= 4 is 70.3 Å². The normalized spacial score (nSPS) is 17.4. The number of ether oxygens (including phenoxy) is 1. The van der Waals surface area contributed by atoms with Gasteiger partial charge in [-0.15, -0.1) is 0 Å². The second-order valence-corrected chi connectivity index (χ2v) is 22.6. The minimum atomic E-state index is -1.70. The number of carbonyl (C=O) groups is 9. The summed E-state index contributed by atoms with van der Waals surface area (Å²) in [5, 5.41) is 34.9. The number of hydrogen-bond acceptors (Lipinski definition) is 13. The van der Waals surface area contributed by atoms with E-state index >= 15 is 14.4 Å². The predicted octanol–water partition coefficient (Wildman–Crippen LogP) is 0.961. The molecule has 0 saturated carbocycles. The molecular formula is C61H84N14O12. The Morgan fingerprint density at radius 2 is 1.28 bits per heavy atom. The molecule has 3 aliphatic heterocycles. The van der Waals surface area contributed by atoms with Crippen LogP contribution in [0.3, 0.4) is 0 Å². The standard InChI is InChI=1S/C61H84N14O12/c1-4-5-16-44(71-61(86)72(2)3)53(78)70-48(33-52(76)77)58(83)74-35-40-14-7-6-13-39(40)31-50(74)55(80)69-47(30-37-20-22-38(23-21-37)34-73-26-28-87-29-27-73)54(79)67-45(19-12-25-65-60(63)64)57(82)75-36-49-42(41-15-8-9-17-43(41)66-49)32-51(75)56(81)68-46(59(84)85)18-10-11-24-62/h6-9,13-15,17,20-23,44-48,50-51,66H,4-5,10-12,16,18-19,24-36,62H2,1-3H3,(H,67,79)(H,68,81)(H,69,80)(H,70,78)(H,71,86)(H,76,77)(H,84,85)(H4,63,64,65)/t44-,45-,46-,47+,48-,50-,51?/m0/s1. The van der Waals surface area contributed by atoms with Gasteiger partial charge >= 0.3 is 18.0 Å². The molecule has 3 aliphatic rings. The van der Waals surface area contributed by atoms with Crippen molar-refractivity contribution in [1.82, 2.24) is 51.2 Å². The van der Waals surface area contributed by atoms with E-state index in [-0.39, 0.29) is 70.5 Å². The number of aromatic nitrogens is 1. The largest absolute Gasteiger partial charge is 0.481 e. The molecule has 14 N–H and O–H groups in total. The molecule has 7 atom stereocenters. The Morgan fingerprint density at radius 3 is 1.94 bits per heavy atom. The van der Waals surface area contributed by atoms with E-state index in [4.69, 9.17) is 21.9 Å². The number of morpholine rings is 1. The Balaban J connectivity index is 1.24. The third kappa shape index (κ3) is 18.2. The van der Waals surface area contributed by atoms with E-state index in [9.17, 15) is 39.0 Å². The van der Waals surface area contributed by atoms with E-state index in [0.717, 1.165) is 35.1 Å². The van der Waals surface area contributed by atoms with Gasteiger partial charge in [-0.25, -0.2) is 9.59 Å². The van der Waals surface area contributed by atoms with Gasteiger partial charge in [-0.1, -0.05) is 86.5 Å². The van der Waals surface area contributed by atoms with Gasteiger partial charge in [0.15, 0.2) is 5.96 Å². The van der Waals surface area contributed by atoms with Crippen molar-refractivity contribution in [3.63, 3.8) is 0 Å². The number of carboxylic acid groups (broad SMARTS) is 2. The van der Waals surface area contributed by atoms with Gasteiger partial charge in [0.1, 0.15) is 42.3 Å². The average Bonchev–Trinajstić information content (AvgIpc) is 1.99. The van der Waals surface area contributed by atoms with Crippen LogP contribution in [-0.2, 0) is 82.0 Å². The number of nitrogens with one attached hydrogen (secondary N) is 6. The lowest BCUT2D eigenvalue weighted by atomic mass is 9.92. The van der Waals surface area contributed by atoms with Crippen LogP contribution in [0, 0.1) is 0 Å². The third-order valence-corrected chi connectivity index (χ3v) is 16.0. The van der Waals surface area contributed by atoms with Crippen molar-refractivity contribution in [2.24, 2.45) is 22.2 Å². The number of rotatable bonds is 29. The highest BCUT2D eigenvalue weighted by molar-refractivity contribution is 5.99. The van der Waals surface area contributed by atoms with Crippen molar-refractivity contribution in [2.75, 3.05) is 53.5 Å². The molecule has 0 aliphatic carbocycles. The second-order valence-electron chi connectivity index (χ2n) is 22.6. The van der Waals surface area contributed by atoms with Crippen molar-refractivity contribution < 1.29 is 58.1 Å². The number of para-hydroxylation sites is 1. The number of amides is 8. The Morgan fingerprint density at radius 1 is 0.678 bits per heavy atom. The molecule has 87 heavy (non-hydrogen) atoms. The van der Waals surface area contributed by atoms with Crippen LogP contribution in [0.5, 0.6) is 0 Å². The number of fused-ring (bicyclic) bond motifs is 4. The van der Waals surface area contributed by atoms with Gasteiger partial charge in [0, 0.05) is 82.7 Å². The highest BCUT2D eigenvalue weighted by Crippen LogP contribution is 2.32. The average molecular weight is 1210 g/mol. The van der Waals surface area contributed by atoms with E-state index in [1.165, 1.54) is 28.8 Å². The SMILES string of the molecule is CCCC[C@H](NC(=O)N(C)C)C(=O)N[C@@H](CC(=O)O)C(=O)N1Cc2ccccc2C[C@H]1C(=O)N[C@H](Cc1ccc(CN2CCOCC2)cc1)C(=O)N[C@@H](CCCN=C(N)N)C(=O)N1Cc2[nH]c3ccccc3c2CC1C(=O)N[C@@H](CCCCN)C(=O)O. The summed E-state index contributed by atoms with van der Waals surface area (Å²) in [5.41, 5.74) is 22.2. The lowest BCUT2D eigenvalue weighted by molar-refractivity contribution is -0.148. The van der Waals surface area contributed by atoms with Crippen molar-refractivity contribution in [3.8, 4) is 0 Å². The number of carbonyl (C=O) groups excluding carboxylic acids is 7. The zero-order valence-corrected chi connectivity index (χ0v) is 49.8. The first-order chi connectivity index (χ1) is 41.7. The van der Waals surface area contributed by atoms with E-state index in [2.05, 4.69) is 41.5 Å². The Labute approximate surface area is 505 Å². The molecule has 7 rings (SSSR count). The first-order valence-corrected chi connectivity index (χ1v) is 29.8. The van der Waals surface area contributed by atoms with Gasteiger partial charge in [-0.2, -0.15) is 0 Å². The second kappa shape index (κ2) is 31.7. The van der Waals surface area contributed by atoms with E-state index in [0.29, 0.717) is 74.4 Å². The molecule has 1 aromatic heterocycles. The summed E-state index contributed by atoms with van der Waals surface area (Å²) in [6.07, 6.45) is 1.36. The third-order valence-electron chi connectivity index (χ3n) is 16.0. The molecule has 8 amide bonds. The number of urea groups is 1. The lowest BCUT2D eigenvalue weighted by Gasteiger charge is -2.39. The Bertz CT molecular complexity index is 3110. The van der Waals surface area contributed by atoms with Gasteiger partial charge in [0.2, 0.25) is 35.4 Å². The minimum Gasteiger partial charge on any atom is -0.481 e. The van der Waals surface area contributed by atoms with E-state index in [1.54, 1.807) is 24.3 Å². The van der Waals surface area contributed by atoms with Crippen molar-refractivity contribution in [3.05, 3.63) is 106 Å². The van der Waals surface area contributed by atoms with Crippen molar-refractivity contribution in [1.29, 1.82) is 0 Å². The number of unbranched alkanes of at least 4 members (excludes halogenated alkanes) is 2. The highest BCUT2D eigenvalue weighted by Gasteiger charge is 2.43. The molecule has 0 radical (unpaired) electrons. The molecule has 1 unspecified atom stereocenters. The number of H-pyrrole nitrogens is 1. The number of carboxylic acids is 2. The number of nitrogens with zero attached hydrogens (tertiary/aromatic N) is 5. The predicted molar refractivity (Wildman–Crippen MR) is 323 cm³/mol. The van der Waals surface area contributed by atoms with Crippen LogP contribution in [0.2, 0.25) is 0 Å². The summed E-state index contributed by atoms with van der Waals surface area (Å²) in [6.45, 7) is 5.26. The molecule has 26 heteroatoms. The fraction of sp³-hybridized carbons (Fsp3) is 0.508. The number of guanidine groups is 1. The van der Waals surface area contributed by atoms with Crippen LogP contribution < -0.4 is 43.8 Å². The number of aromatic amines is 1. The number of aliphatic carboxylic acids is 2. The summed E-state index contributed by atoms with van der Waals surface area (Å²) in [6, 6.07) is 11.8. The topological polar surface area (TPSA) is 383 Å². The summed E-state index contributed by atoms with van der Waals surface area (Å²) in [5.74, 6) is -7.65. The van der Waals surface area contributed by atoms with Gasteiger partial charge < -0.3 is 78.4 Å². The van der Waals surface area contributed by atoms with Gasteiger partial charge in [-0.3, -0.25) is 43.5 Å². The van der Waals surface area contributed by atoms with Crippen LogP contribution in [-0.4, -0.2) is 190 Å². The van der Waals surface area contributed by atoms with Crippen LogP contribution in [0.4, 0.5) is 4.79 Å². The first-order valence-electron chi connectivity index (χ1n) is 29.8. The number of nitrogens with two attached hydrogens (primary N) is 3. The number of benzene rings is 3. The summed E-state index contributed by atoms with van der Waals surface area (Å²) < 4.78 is 5.53. The summed E-state index contributed by atoms with van der Waals surface area (Å²) in [7, 11) is 2.99. The monoisotopic (exact) mass is 1200 g/mol. The molecule has 470 valence electrons. The Hall–Kier alpha value is -8.62. The van der Waals surface area contributed by atoms with Gasteiger partial charge in [0.05, 0.1) is 26.2 Å².